The molecule has 1 aliphatic carbocycles. The van der Waals surface area contributed by atoms with Crippen molar-refractivity contribution in [3.63, 3.8) is 0 Å². The third kappa shape index (κ3) is 5.74. The van der Waals surface area contributed by atoms with Gasteiger partial charge in [0.25, 0.3) is 0 Å². The number of aliphatic imine (C=N–C) groups is 1. The van der Waals surface area contributed by atoms with Gasteiger partial charge in [0.05, 0.1) is 0 Å². The van der Waals surface area contributed by atoms with E-state index in [4.69, 9.17) is 11.6 Å². The Morgan fingerprint density at radius 1 is 1.36 bits per heavy atom. The number of guanidine groups is 1. The lowest BCUT2D eigenvalue weighted by Crippen LogP contribution is -2.40. The van der Waals surface area contributed by atoms with E-state index in [2.05, 4.69) is 21.7 Å². The minimum atomic E-state index is 0. The number of carbonyl (C=O) groups excluding carboxylic acids is 1. The van der Waals surface area contributed by atoms with Gasteiger partial charge in [0.15, 0.2) is 5.96 Å². The van der Waals surface area contributed by atoms with E-state index in [0.29, 0.717) is 12.0 Å². The molecule has 2 atom stereocenters. The van der Waals surface area contributed by atoms with Crippen molar-refractivity contribution in [1.29, 1.82) is 0 Å². The second-order valence-corrected chi connectivity index (χ2v) is 6.87. The highest BCUT2D eigenvalue weighted by molar-refractivity contribution is 14.0. The van der Waals surface area contributed by atoms with Crippen molar-refractivity contribution in [1.82, 2.24) is 15.5 Å². The average molecular weight is 477 g/mol. The van der Waals surface area contributed by atoms with Gasteiger partial charge in [0.2, 0.25) is 5.91 Å². The molecule has 2 fully saturated rings. The molecule has 0 radical (unpaired) electrons. The average Bonchev–Trinajstić information content (AvgIpc) is 3.11. The Morgan fingerprint density at radius 3 is 2.80 bits per heavy atom. The van der Waals surface area contributed by atoms with Crippen LogP contribution in [0, 0.1) is 0 Å². The number of benzene rings is 1. The lowest BCUT2D eigenvalue weighted by atomic mass is 10.1. The normalized spacial score (nSPS) is 22.3. The van der Waals surface area contributed by atoms with Crippen LogP contribution in [0.5, 0.6) is 0 Å². The molecule has 0 aromatic heterocycles. The monoisotopic (exact) mass is 476 g/mol. The summed E-state index contributed by atoms with van der Waals surface area (Å²) in [6.45, 7) is 4.76. The largest absolute Gasteiger partial charge is 0.357 e. The van der Waals surface area contributed by atoms with Crippen LogP contribution in [0.25, 0.3) is 0 Å². The third-order valence-electron chi connectivity index (χ3n) is 4.56. The first-order chi connectivity index (χ1) is 11.7. The first-order valence-corrected chi connectivity index (χ1v) is 9.13. The Hall–Kier alpha value is -1.02. The standard InChI is InChI=1S/C18H25ClN4O.HI/c1-2-20-18(21-12-17(24)23-8-3-4-9-23)22-16-11-15(16)13-6-5-7-14(19)10-13;/h5-7,10,15-16H,2-4,8-9,11-12H2,1H3,(H2,20,21,22);1H. The Labute approximate surface area is 171 Å². The van der Waals surface area contributed by atoms with Gasteiger partial charge < -0.3 is 15.5 Å². The first-order valence-electron chi connectivity index (χ1n) is 8.75. The van der Waals surface area contributed by atoms with Gasteiger partial charge in [-0.15, -0.1) is 24.0 Å². The summed E-state index contributed by atoms with van der Waals surface area (Å²) in [6.07, 6.45) is 3.28. The maximum Gasteiger partial charge on any atom is 0.244 e. The molecule has 1 heterocycles. The van der Waals surface area contributed by atoms with E-state index in [-0.39, 0.29) is 36.4 Å². The highest BCUT2D eigenvalue weighted by Gasteiger charge is 2.39. The second kappa shape index (κ2) is 9.62. The summed E-state index contributed by atoms with van der Waals surface area (Å²) < 4.78 is 0. The molecule has 1 aromatic carbocycles. The van der Waals surface area contributed by atoms with Crippen molar-refractivity contribution in [2.24, 2.45) is 4.99 Å². The number of hydrogen-bond donors (Lipinski definition) is 2. The minimum Gasteiger partial charge on any atom is -0.357 e. The van der Waals surface area contributed by atoms with Crippen LogP contribution >= 0.6 is 35.6 Å². The molecule has 7 heteroatoms. The van der Waals surface area contributed by atoms with E-state index in [1.54, 1.807) is 0 Å². The molecule has 3 rings (SSSR count). The maximum absolute atomic E-state index is 12.1. The fraction of sp³-hybridized carbons (Fsp3) is 0.556. The Morgan fingerprint density at radius 2 is 2.12 bits per heavy atom. The SMILES string of the molecule is CCNC(=NCC(=O)N1CCCC1)NC1CC1c1cccc(Cl)c1.I. The van der Waals surface area contributed by atoms with Gasteiger partial charge in [-0.05, 0) is 43.9 Å². The van der Waals surface area contributed by atoms with Gasteiger partial charge >= 0.3 is 0 Å². The predicted octanol–water partition coefficient (Wildman–Crippen LogP) is 2.99. The molecule has 2 unspecified atom stereocenters. The molecule has 25 heavy (non-hydrogen) atoms. The molecule has 0 bridgehead atoms. The molecule has 2 N–H and O–H groups in total. The Kier molecular flexibility index (Phi) is 7.81. The first kappa shape index (κ1) is 20.3. The molecular weight excluding hydrogens is 451 g/mol. The molecule has 2 aliphatic rings. The highest BCUT2D eigenvalue weighted by Crippen LogP contribution is 2.41. The third-order valence-corrected chi connectivity index (χ3v) is 4.80. The summed E-state index contributed by atoms with van der Waals surface area (Å²) in [5, 5.41) is 7.43. The van der Waals surface area contributed by atoms with Crippen molar-refractivity contribution in [3.05, 3.63) is 34.9 Å². The molecule has 1 aliphatic heterocycles. The van der Waals surface area contributed by atoms with Gasteiger partial charge in [-0.2, -0.15) is 0 Å². The van der Waals surface area contributed by atoms with Crippen molar-refractivity contribution < 1.29 is 4.79 Å². The second-order valence-electron chi connectivity index (χ2n) is 6.43. The van der Waals surface area contributed by atoms with Crippen molar-refractivity contribution in [2.75, 3.05) is 26.2 Å². The van der Waals surface area contributed by atoms with Gasteiger partial charge in [-0.3, -0.25) is 4.79 Å². The Bertz CT molecular complexity index is 619. The molecular formula is C18H26ClIN4O. The van der Waals surface area contributed by atoms with E-state index in [1.807, 2.05) is 30.0 Å². The van der Waals surface area contributed by atoms with Gasteiger partial charge in [-0.25, -0.2) is 4.99 Å². The van der Waals surface area contributed by atoms with Crippen LogP contribution in [0.1, 0.15) is 37.7 Å². The quantitative estimate of drug-likeness (QED) is 0.390. The van der Waals surface area contributed by atoms with Crippen LogP contribution in [-0.4, -0.2) is 49.0 Å². The summed E-state index contributed by atoms with van der Waals surface area (Å²) >= 11 is 6.07. The summed E-state index contributed by atoms with van der Waals surface area (Å²) in [5.41, 5.74) is 1.25. The number of halogens is 2. The van der Waals surface area contributed by atoms with E-state index >= 15 is 0 Å². The highest BCUT2D eigenvalue weighted by atomic mass is 127. The number of rotatable bonds is 5. The molecule has 1 saturated heterocycles. The topological polar surface area (TPSA) is 56.7 Å². The van der Waals surface area contributed by atoms with E-state index < -0.39 is 0 Å². The van der Waals surface area contributed by atoms with Crippen molar-refractivity contribution in [3.8, 4) is 0 Å². The Balaban J connectivity index is 0.00000225. The van der Waals surface area contributed by atoms with Crippen LogP contribution in [-0.2, 0) is 4.79 Å². The minimum absolute atomic E-state index is 0. The molecule has 138 valence electrons. The predicted molar refractivity (Wildman–Crippen MR) is 113 cm³/mol. The number of likely N-dealkylation sites (tertiary alicyclic amines) is 1. The summed E-state index contributed by atoms with van der Waals surface area (Å²) in [5.74, 6) is 1.30. The maximum atomic E-state index is 12.1. The van der Waals surface area contributed by atoms with Crippen LogP contribution in [0.2, 0.25) is 5.02 Å². The lowest BCUT2D eigenvalue weighted by molar-refractivity contribution is -0.128. The van der Waals surface area contributed by atoms with Crippen LogP contribution in [0.3, 0.4) is 0 Å². The lowest BCUT2D eigenvalue weighted by Gasteiger charge is -2.15. The zero-order chi connectivity index (χ0) is 16.9. The van der Waals surface area contributed by atoms with Crippen molar-refractivity contribution in [2.45, 2.75) is 38.1 Å². The molecule has 1 amide bonds. The van der Waals surface area contributed by atoms with Crippen molar-refractivity contribution >= 4 is 47.4 Å². The summed E-state index contributed by atoms with van der Waals surface area (Å²) in [7, 11) is 0. The summed E-state index contributed by atoms with van der Waals surface area (Å²) in [6, 6.07) is 8.36. The zero-order valence-corrected chi connectivity index (χ0v) is 17.6. The van der Waals surface area contributed by atoms with E-state index in [9.17, 15) is 4.79 Å². The number of carbonyl (C=O) groups is 1. The van der Waals surface area contributed by atoms with Gasteiger partial charge in [0.1, 0.15) is 6.54 Å². The van der Waals surface area contributed by atoms with Gasteiger partial charge in [0, 0.05) is 36.6 Å². The fourth-order valence-corrected chi connectivity index (χ4v) is 3.37. The number of amides is 1. The molecule has 1 aromatic rings. The number of nitrogens with one attached hydrogen (secondary N) is 2. The number of nitrogens with zero attached hydrogens (tertiary/aromatic N) is 2. The zero-order valence-electron chi connectivity index (χ0n) is 14.5. The molecule has 5 nitrogen and oxygen atoms in total. The van der Waals surface area contributed by atoms with Crippen LogP contribution < -0.4 is 10.6 Å². The van der Waals surface area contributed by atoms with Gasteiger partial charge in [-0.1, -0.05) is 23.7 Å². The van der Waals surface area contributed by atoms with Crippen LogP contribution in [0.15, 0.2) is 29.3 Å². The number of hydrogen-bond acceptors (Lipinski definition) is 2. The molecule has 0 spiro atoms. The van der Waals surface area contributed by atoms with E-state index in [0.717, 1.165) is 49.9 Å². The smallest absolute Gasteiger partial charge is 0.244 e. The summed E-state index contributed by atoms with van der Waals surface area (Å²) in [4.78, 5) is 18.5. The van der Waals surface area contributed by atoms with E-state index in [1.165, 1.54) is 5.56 Å². The fourth-order valence-electron chi connectivity index (χ4n) is 3.17. The molecule has 1 saturated carbocycles. The van der Waals surface area contributed by atoms with Crippen LogP contribution in [0.4, 0.5) is 0 Å².